The molecule has 1 rings (SSSR count). The molecule has 0 amide bonds. The van der Waals surface area contributed by atoms with E-state index in [0.717, 1.165) is 18.7 Å². The van der Waals surface area contributed by atoms with Gasteiger partial charge in [-0.2, -0.15) is 0 Å². The van der Waals surface area contributed by atoms with Crippen LogP contribution < -0.4 is 5.32 Å². The number of hydrogen-bond acceptors (Lipinski definition) is 2. The molecule has 1 atom stereocenters. The van der Waals surface area contributed by atoms with Crippen LogP contribution in [0, 0.1) is 0 Å². The lowest BCUT2D eigenvalue weighted by molar-refractivity contribution is 0.532. The van der Waals surface area contributed by atoms with Crippen LogP contribution in [0.5, 0.6) is 0 Å². The first-order valence-electron chi connectivity index (χ1n) is 4.02. The number of nitrogens with one attached hydrogen (secondary N) is 2. The zero-order valence-corrected chi connectivity index (χ0v) is 7.09. The number of rotatable bonds is 4. The molecule has 0 aliphatic carbocycles. The molecule has 0 saturated heterocycles. The maximum Gasteiger partial charge on any atom is 0.107 e. The molecular formula is C8H15N3. The van der Waals surface area contributed by atoms with Gasteiger partial charge in [0.1, 0.15) is 5.82 Å². The third kappa shape index (κ3) is 2.35. The molecule has 0 aromatic carbocycles. The Morgan fingerprint density at radius 3 is 3.00 bits per heavy atom. The molecule has 1 heterocycles. The first-order valence-corrected chi connectivity index (χ1v) is 4.02. The first kappa shape index (κ1) is 8.27. The lowest BCUT2D eigenvalue weighted by Crippen LogP contribution is -2.26. The molecular weight excluding hydrogens is 138 g/mol. The molecule has 1 aromatic rings. The van der Waals surface area contributed by atoms with Crippen molar-refractivity contribution in [3.8, 4) is 0 Å². The summed E-state index contributed by atoms with van der Waals surface area (Å²) in [6.07, 6.45) is 5.77. The van der Waals surface area contributed by atoms with E-state index in [9.17, 15) is 0 Å². The van der Waals surface area contributed by atoms with Crippen LogP contribution in [0.2, 0.25) is 0 Å². The number of aromatic nitrogens is 2. The predicted molar refractivity (Wildman–Crippen MR) is 45.4 cm³/mol. The zero-order valence-electron chi connectivity index (χ0n) is 7.09. The van der Waals surface area contributed by atoms with Gasteiger partial charge in [-0.3, -0.25) is 0 Å². The van der Waals surface area contributed by atoms with Crippen molar-refractivity contribution in [1.29, 1.82) is 0 Å². The summed E-state index contributed by atoms with van der Waals surface area (Å²) >= 11 is 0. The van der Waals surface area contributed by atoms with Crippen molar-refractivity contribution < 1.29 is 0 Å². The molecule has 11 heavy (non-hydrogen) atoms. The van der Waals surface area contributed by atoms with Gasteiger partial charge in [-0.1, -0.05) is 6.92 Å². The molecule has 1 unspecified atom stereocenters. The van der Waals surface area contributed by atoms with Crippen molar-refractivity contribution in [1.82, 2.24) is 15.3 Å². The molecule has 0 saturated carbocycles. The summed E-state index contributed by atoms with van der Waals surface area (Å²) in [5, 5.41) is 3.23. The minimum absolute atomic E-state index is 0.543. The highest BCUT2D eigenvalue weighted by Crippen LogP contribution is 1.98. The van der Waals surface area contributed by atoms with Gasteiger partial charge in [-0.15, -0.1) is 0 Å². The molecule has 3 nitrogen and oxygen atoms in total. The predicted octanol–water partition coefficient (Wildman–Crippen LogP) is 0.950. The summed E-state index contributed by atoms with van der Waals surface area (Å²) in [5.74, 6) is 1.06. The lowest BCUT2D eigenvalue weighted by Gasteiger charge is -2.10. The second-order valence-electron chi connectivity index (χ2n) is 2.63. The van der Waals surface area contributed by atoms with Gasteiger partial charge in [0, 0.05) is 24.9 Å². The SMILES string of the molecule is CCC(Cc1ncc[nH]1)NC. The van der Waals surface area contributed by atoms with Crippen molar-refractivity contribution in [3.63, 3.8) is 0 Å². The monoisotopic (exact) mass is 153 g/mol. The standard InChI is InChI=1S/C8H15N3/c1-3-7(9-2)6-8-10-4-5-11-8/h4-5,7,9H,3,6H2,1-2H3,(H,10,11). The molecule has 0 bridgehead atoms. The number of hydrogen-bond donors (Lipinski definition) is 2. The van der Waals surface area contributed by atoms with E-state index in [4.69, 9.17) is 0 Å². The average Bonchev–Trinajstić information content (AvgIpc) is 2.52. The Morgan fingerprint density at radius 1 is 1.73 bits per heavy atom. The number of imidazole rings is 1. The minimum Gasteiger partial charge on any atom is -0.349 e. The van der Waals surface area contributed by atoms with E-state index in [0.29, 0.717) is 6.04 Å². The third-order valence-corrected chi connectivity index (χ3v) is 1.90. The summed E-state index contributed by atoms with van der Waals surface area (Å²) in [6.45, 7) is 2.17. The fourth-order valence-corrected chi connectivity index (χ4v) is 1.09. The van der Waals surface area contributed by atoms with Crippen molar-refractivity contribution in [2.75, 3.05) is 7.05 Å². The highest BCUT2D eigenvalue weighted by atomic mass is 14.9. The van der Waals surface area contributed by atoms with Crippen molar-refractivity contribution in [2.24, 2.45) is 0 Å². The van der Waals surface area contributed by atoms with Crippen molar-refractivity contribution in [3.05, 3.63) is 18.2 Å². The maximum absolute atomic E-state index is 4.16. The molecule has 0 radical (unpaired) electrons. The summed E-state index contributed by atoms with van der Waals surface area (Å²) < 4.78 is 0. The Hall–Kier alpha value is -0.830. The smallest absolute Gasteiger partial charge is 0.107 e. The van der Waals surface area contributed by atoms with Gasteiger partial charge in [0.05, 0.1) is 0 Å². The number of likely N-dealkylation sites (N-methyl/N-ethyl adjacent to an activating group) is 1. The Bertz CT molecular complexity index is 177. The van der Waals surface area contributed by atoms with Crippen molar-refractivity contribution >= 4 is 0 Å². The summed E-state index contributed by atoms with van der Waals surface area (Å²) in [7, 11) is 1.98. The van der Waals surface area contributed by atoms with Crippen LogP contribution in [-0.2, 0) is 6.42 Å². The normalized spacial score (nSPS) is 13.3. The Morgan fingerprint density at radius 2 is 2.55 bits per heavy atom. The first-order chi connectivity index (χ1) is 5.36. The lowest BCUT2D eigenvalue weighted by atomic mass is 10.1. The van der Waals surface area contributed by atoms with Gasteiger partial charge in [0.15, 0.2) is 0 Å². The fourth-order valence-electron chi connectivity index (χ4n) is 1.09. The van der Waals surface area contributed by atoms with E-state index >= 15 is 0 Å². The molecule has 0 aliphatic heterocycles. The van der Waals surface area contributed by atoms with E-state index in [1.165, 1.54) is 0 Å². The van der Waals surface area contributed by atoms with Gasteiger partial charge in [0.2, 0.25) is 0 Å². The van der Waals surface area contributed by atoms with Gasteiger partial charge < -0.3 is 10.3 Å². The second kappa shape index (κ2) is 4.13. The van der Waals surface area contributed by atoms with Crippen LogP contribution in [-0.4, -0.2) is 23.1 Å². The Labute approximate surface area is 67.2 Å². The summed E-state index contributed by atoms with van der Waals surface area (Å²) in [4.78, 5) is 7.24. The Kier molecular flexibility index (Phi) is 3.11. The number of H-pyrrole nitrogens is 1. The molecule has 1 aromatic heterocycles. The van der Waals surface area contributed by atoms with Crippen LogP contribution >= 0.6 is 0 Å². The molecule has 0 spiro atoms. The van der Waals surface area contributed by atoms with E-state index < -0.39 is 0 Å². The van der Waals surface area contributed by atoms with Gasteiger partial charge in [-0.05, 0) is 13.5 Å². The number of nitrogens with zero attached hydrogens (tertiary/aromatic N) is 1. The van der Waals surface area contributed by atoms with Gasteiger partial charge in [0.25, 0.3) is 0 Å². The van der Waals surface area contributed by atoms with Crippen molar-refractivity contribution in [2.45, 2.75) is 25.8 Å². The molecule has 2 N–H and O–H groups in total. The van der Waals surface area contributed by atoms with E-state index in [1.807, 2.05) is 13.2 Å². The number of aromatic amines is 1. The second-order valence-corrected chi connectivity index (χ2v) is 2.63. The highest BCUT2D eigenvalue weighted by Gasteiger charge is 2.04. The van der Waals surface area contributed by atoms with Crippen LogP contribution in [0.15, 0.2) is 12.4 Å². The molecule has 0 fully saturated rings. The van der Waals surface area contributed by atoms with Crippen LogP contribution in [0.25, 0.3) is 0 Å². The summed E-state index contributed by atoms with van der Waals surface area (Å²) in [6, 6.07) is 0.543. The zero-order chi connectivity index (χ0) is 8.10. The molecule has 3 heteroatoms. The topological polar surface area (TPSA) is 40.7 Å². The quantitative estimate of drug-likeness (QED) is 0.676. The van der Waals surface area contributed by atoms with E-state index in [2.05, 4.69) is 22.2 Å². The average molecular weight is 153 g/mol. The van der Waals surface area contributed by atoms with Crippen LogP contribution in [0.3, 0.4) is 0 Å². The summed E-state index contributed by atoms with van der Waals surface area (Å²) in [5.41, 5.74) is 0. The Balaban J connectivity index is 2.41. The minimum atomic E-state index is 0.543. The largest absolute Gasteiger partial charge is 0.349 e. The van der Waals surface area contributed by atoms with Gasteiger partial charge >= 0.3 is 0 Å². The van der Waals surface area contributed by atoms with Crippen LogP contribution in [0.1, 0.15) is 19.2 Å². The fraction of sp³-hybridized carbons (Fsp3) is 0.625. The van der Waals surface area contributed by atoms with Crippen LogP contribution in [0.4, 0.5) is 0 Å². The van der Waals surface area contributed by atoms with Gasteiger partial charge in [-0.25, -0.2) is 4.98 Å². The molecule has 0 aliphatic rings. The third-order valence-electron chi connectivity index (χ3n) is 1.90. The van der Waals surface area contributed by atoms with E-state index in [-0.39, 0.29) is 0 Å². The highest BCUT2D eigenvalue weighted by molar-refractivity contribution is 4.90. The maximum atomic E-state index is 4.16. The van der Waals surface area contributed by atoms with E-state index in [1.54, 1.807) is 6.20 Å². The molecule has 62 valence electrons.